The Hall–Kier alpha value is -3.70. The SMILES string of the molecule is CCCCCn1cc(C2CCN(CCC(=O)O)CC2)c2ccccc21.COCCOCCn1cc(C2CCN(CCCC(=O)O)CC2)c2ccccc21. The van der Waals surface area contributed by atoms with Crippen LogP contribution in [-0.2, 0) is 32.2 Å². The molecule has 2 aliphatic rings. The molecule has 2 fully saturated rings. The first-order valence-electron chi connectivity index (χ1n) is 20.0. The van der Waals surface area contributed by atoms with Crippen LogP contribution in [0.2, 0.25) is 0 Å². The number of hydrogen-bond donors (Lipinski definition) is 2. The van der Waals surface area contributed by atoms with E-state index in [4.69, 9.17) is 19.7 Å². The Morgan fingerprint density at radius 3 is 1.70 bits per heavy atom. The third kappa shape index (κ3) is 11.9. The molecule has 6 rings (SSSR count). The van der Waals surface area contributed by atoms with E-state index in [0.717, 1.165) is 77.9 Å². The van der Waals surface area contributed by atoms with Crippen LogP contribution in [0.25, 0.3) is 21.8 Å². The van der Waals surface area contributed by atoms with E-state index in [1.807, 2.05) is 0 Å². The molecule has 4 aromatic rings. The summed E-state index contributed by atoms with van der Waals surface area (Å²) in [5.74, 6) is -0.235. The minimum atomic E-state index is -0.700. The Bertz CT molecular complexity index is 1700. The number of carboxylic acids is 2. The Morgan fingerprint density at radius 2 is 1.17 bits per heavy atom. The van der Waals surface area contributed by atoms with E-state index in [0.29, 0.717) is 38.2 Å². The van der Waals surface area contributed by atoms with Gasteiger partial charge >= 0.3 is 11.9 Å². The smallest absolute Gasteiger partial charge is 0.304 e. The van der Waals surface area contributed by atoms with Gasteiger partial charge in [0.05, 0.1) is 26.2 Å². The van der Waals surface area contributed by atoms with Crippen molar-refractivity contribution in [1.29, 1.82) is 0 Å². The Morgan fingerprint density at radius 1 is 0.642 bits per heavy atom. The van der Waals surface area contributed by atoms with Crippen molar-refractivity contribution in [2.24, 2.45) is 0 Å². The van der Waals surface area contributed by atoms with Crippen LogP contribution in [0.4, 0.5) is 0 Å². The molecule has 2 aromatic carbocycles. The fourth-order valence-electron chi connectivity index (χ4n) is 8.15. The first-order valence-corrected chi connectivity index (χ1v) is 20.0. The number of para-hydroxylation sites is 2. The van der Waals surface area contributed by atoms with Crippen LogP contribution in [0.1, 0.15) is 94.1 Å². The fourth-order valence-corrected chi connectivity index (χ4v) is 8.15. The summed E-state index contributed by atoms with van der Waals surface area (Å²) in [6.45, 7) is 11.8. The Balaban J connectivity index is 0.000000206. The van der Waals surface area contributed by atoms with E-state index < -0.39 is 11.9 Å². The normalized spacial score (nSPS) is 16.3. The zero-order valence-electron chi connectivity index (χ0n) is 32.1. The van der Waals surface area contributed by atoms with E-state index in [1.165, 1.54) is 52.2 Å². The molecule has 2 saturated heterocycles. The van der Waals surface area contributed by atoms with Crippen LogP contribution >= 0.6 is 0 Å². The van der Waals surface area contributed by atoms with Gasteiger partial charge in [-0.25, -0.2) is 0 Å². The average Bonchev–Trinajstić information content (AvgIpc) is 3.73. The van der Waals surface area contributed by atoms with Crippen LogP contribution in [0.5, 0.6) is 0 Å². The second kappa shape index (κ2) is 21.3. The number of rotatable bonds is 19. The molecule has 4 heterocycles. The van der Waals surface area contributed by atoms with Crippen molar-refractivity contribution in [1.82, 2.24) is 18.9 Å². The second-order valence-electron chi connectivity index (χ2n) is 14.8. The number of aryl methyl sites for hydroxylation is 1. The minimum absolute atomic E-state index is 0.251. The van der Waals surface area contributed by atoms with E-state index in [1.54, 1.807) is 7.11 Å². The lowest BCUT2D eigenvalue weighted by Crippen LogP contribution is -2.34. The number of aliphatic carboxylic acids is 2. The van der Waals surface area contributed by atoms with Gasteiger partial charge in [-0.05, 0) is 106 Å². The molecular formula is C43H62N4O6. The molecule has 0 amide bonds. The largest absolute Gasteiger partial charge is 0.481 e. The quantitative estimate of drug-likeness (QED) is 0.0941. The molecule has 0 unspecified atom stereocenters. The zero-order chi connectivity index (χ0) is 37.4. The second-order valence-corrected chi connectivity index (χ2v) is 14.8. The molecule has 10 nitrogen and oxygen atoms in total. The number of methoxy groups -OCH3 is 1. The lowest BCUT2D eigenvalue weighted by atomic mass is 9.89. The molecule has 0 saturated carbocycles. The van der Waals surface area contributed by atoms with Crippen molar-refractivity contribution in [3.05, 3.63) is 72.1 Å². The van der Waals surface area contributed by atoms with Crippen LogP contribution in [0.3, 0.4) is 0 Å². The zero-order valence-corrected chi connectivity index (χ0v) is 32.1. The minimum Gasteiger partial charge on any atom is -0.481 e. The fraction of sp³-hybridized carbons (Fsp3) is 0.581. The van der Waals surface area contributed by atoms with Gasteiger partial charge in [-0.2, -0.15) is 0 Å². The van der Waals surface area contributed by atoms with Gasteiger partial charge in [0.1, 0.15) is 0 Å². The van der Waals surface area contributed by atoms with Crippen molar-refractivity contribution in [2.75, 3.05) is 66.2 Å². The molecule has 2 N–H and O–H groups in total. The molecule has 2 aromatic heterocycles. The number of carbonyl (C=O) groups is 2. The molecule has 0 atom stereocenters. The molecule has 0 bridgehead atoms. The van der Waals surface area contributed by atoms with E-state index in [-0.39, 0.29) is 12.8 Å². The van der Waals surface area contributed by atoms with E-state index >= 15 is 0 Å². The molecular weight excluding hydrogens is 668 g/mol. The number of nitrogens with zero attached hydrogens (tertiary/aromatic N) is 4. The van der Waals surface area contributed by atoms with Crippen molar-refractivity contribution in [2.45, 2.75) is 96.1 Å². The number of hydrogen-bond acceptors (Lipinski definition) is 6. The first-order chi connectivity index (χ1) is 25.9. The standard InChI is InChI=1S/C22H32N2O4.C21H30N2O2/c1-27-15-16-28-14-13-24-17-20(19-5-2-3-6-21(19)24)18-8-11-23(12-9-18)10-4-7-22(25)26;1-2-3-6-12-23-16-19(18-7-4-5-8-20(18)23)17-9-13-22(14-10-17)15-11-21(24)25/h2-3,5-6,17-18H,4,7-16H2,1H3,(H,25,26);4-5,7-8,16-17H,2-3,6,9-15H2,1H3,(H,24,25). The summed E-state index contributed by atoms with van der Waals surface area (Å²) >= 11 is 0. The third-order valence-corrected chi connectivity index (χ3v) is 11.1. The maximum Gasteiger partial charge on any atom is 0.304 e. The third-order valence-electron chi connectivity index (χ3n) is 11.1. The number of fused-ring (bicyclic) bond motifs is 2. The van der Waals surface area contributed by atoms with E-state index in [2.05, 4.69) is 86.8 Å². The first kappa shape index (κ1) is 40.5. The van der Waals surface area contributed by atoms with Crippen molar-refractivity contribution < 1.29 is 29.3 Å². The number of carboxylic acid groups (broad SMARTS) is 2. The lowest BCUT2D eigenvalue weighted by molar-refractivity contribution is -0.138. The molecule has 2 aliphatic heterocycles. The van der Waals surface area contributed by atoms with Gasteiger partial charge < -0.3 is 38.6 Å². The summed E-state index contributed by atoms with van der Waals surface area (Å²) < 4.78 is 15.4. The van der Waals surface area contributed by atoms with Crippen molar-refractivity contribution in [3.8, 4) is 0 Å². The van der Waals surface area contributed by atoms with Gasteiger partial charge in [-0.3, -0.25) is 9.59 Å². The highest BCUT2D eigenvalue weighted by Crippen LogP contribution is 2.36. The summed E-state index contributed by atoms with van der Waals surface area (Å²) in [6, 6.07) is 17.4. The van der Waals surface area contributed by atoms with Crippen molar-refractivity contribution in [3.63, 3.8) is 0 Å². The van der Waals surface area contributed by atoms with Gasteiger partial charge in [-0.1, -0.05) is 56.2 Å². The summed E-state index contributed by atoms with van der Waals surface area (Å²) in [7, 11) is 1.69. The molecule has 0 aliphatic carbocycles. The highest BCUT2D eigenvalue weighted by atomic mass is 16.5. The predicted molar refractivity (Wildman–Crippen MR) is 212 cm³/mol. The molecule has 53 heavy (non-hydrogen) atoms. The summed E-state index contributed by atoms with van der Waals surface area (Å²) in [4.78, 5) is 26.2. The Labute approximate surface area is 315 Å². The van der Waals surface area contributed by atoms with Crippen LogP contribution < -0.4 is 0 Å². The Kier molecular flexibility index (Phi) is 16.2. The average molecular weight is 731 g/mol. The van der Waals surface area contributed by atoms with Crippen molar-refractivity contribution >= 4 is 33.7 Å². The number of aromatic nitrogens is 2. The monoisotopic (exact) mass is 730 g/mol. The van der Waals surface area contributed by atoms with Crippen LogP contribution in [-0.4, -0.2) is 107 Å². The number of unbranched alkanes of at least 4 members (excludes halogenated alkanes) is 2. The van der Waals surface area contributed by atoms with Crippen LogP contribution in [0.15, 0.2) is 60.9 Å². The maximum atomic E-state index is 10.8. The topological polar surface area (TPSA) is 109 Å². The maximum absolute atomic E-state index is 10.8. The summed E-state index contributed by atoms with van der Waals surface area (Å²) in [6.07, 6.45) is 14.2. The number of piperidine rings is 2. The van der Waals surface area contributed by atoms with E-state index in [9.17, 15) is 9.59 Å². The summed E-state index contributed by atoms with van der Waals surface area (Å²) in [5, 5.41) is 20.4. The van der Waals surface area contributed by atoms with Gasteiger partial charge in [0.25, 0.3) is 0 Å². The highest BCUT2D eigenvalue weighted by Gasteiger charge is 2.25. The highest BCUT2D eigenvalue weighted by molar-refractivity contribution is 5.85. The summed E-state index contributed by atoms with van der Waals surface area (Å²) in [5.41, 5.74) is 5.57. The molecule has 0 radical (unpaired) electrons. The number of benzene rings is 2. The molecule has 0 spiro atoms. The van der Waals surface area contributed by atoms with Crippen LogP contribution in [0, 0.1) is 0 Å². The van der Waals surface area contributed by atoms with Gasteiger partial charge in [0, 0.05) is 67.4 Å². The van der Waals surface area contributed by atoms with Gasteiger partial charge in [0.2, 0.25) is 0 Å². The molecule has 10 heteroatoms. The number of ether oxygens (including phenoxy) is 2. The van der Waals surface area contributed by atoms with Gasteiger partial charge in [-0.15, -0.1) is 0 Å². The molecule has 290 valence electrons. The number of likely N-dealkylation sites (tertiary alicyclic amines) is 2. The predicted octanol–water partition coefficient (Wildman–Crippen LogP) is 7.83. The lowest BCUT2D eigenvalue weighted by Gasteiger charge is -2.31. The van der Waals surface area contributed by atoms with Gasteiger partial charge in [0.15, 0.2) is 0 Å².